The average molecular weight is 217 g/mol. The number of aromatic nitrogens is 2. The van der Waals surface area contributed by atoms with Crippen LogP contribution in [-0.2, 0) is 6.54 Å². The lowest BCUT2D eigenvalue weighted by Gasteiger charge is -2.14. The summed E-state index contributed by atoms with van der Waals surface area (Å²) in [4.78, 5) is 7.29. The number of aromatic amines is 1. The Kier molecular flexibility index (Phi) is 3.22. The minimum absolute atomic E-state index is 0.0600. The van der Waals surface area contributed by atoms with Crippen molar-refractivity contribution in [2.24, 2.45) is 5.73 Å². The third-order valence-electron chi connectivity index (χ3n) is 2.42. The predicted octanol–water partition coefficient (Wildman–Crippen LogP) is 2.01. The fourth-order valence-corrected chi connectivity index (χ4v) is 1.51. The molecule has 0 spiro atoms. The standard InChI is InChI=1S/C12H15N3O/c1-9(11-5-3-6-14-11)16-12-10(8-13)4-2-7-15-12/h2-7,9,14H,8,13H2,1H3. The summed E-state index contributed by atoms with van der Waals surface area (Å²) in [6.07, 6.45) is 3.52. The van der Waals surface area contributed by atoms with Crippen LogP contribution in [0.3, 0.4) is 0 Å². The first-order chi connectivity index (χ1) is 7.81. The molecule has 2 heterocycles. The summed E-state index contributed by atoms with van der Waals surface area (Å²) in [5.41, 5.74) is 7.56. The van der Waals surface area contributed by atoms with Gasteiger partial charge in [-0.05, 0) is 25.1 Å². The number of nitrogens with zero attached hydrogens (tertiary/aromatic N) is 1. The predicted molar refractivity (Wildman–Crippen MR) is 62.0 cm³/mol. The van der Waals surface area contributed by atoms with Crippen LogP contribution < -0.4 is 10.5 Å². The Labute approximate surface area is 94.5 Å². The molecule has 84 valence electrons. The number of nitrogens with one attached hydrogen (secondary N) is 1. The second kappa shape index (κ2) is 4.81. The molecule has 0 radical (unpaired) electrons. The number of nitrogens with two attached hydrogens (primary N) is 1. The van der Waals surface area contributed by atoms with Gasteiger partial charge >= 0.3 is 0 Å². The molecule has 0 saturated carbocycles. The highest BCUT2D eigenvalue weighted by molar-refractivity contribution is 5.25. The van der Waals surface area contributed by atoms with Crippen LogP contribution in [0.4, 0.5) is 0 Å². The second-order valence-electron chi connectivity index (χ2n) is 3.56. The van der Waals surface area contributed by atoms with Crippen LogP contribution in [0.15, 0.2) is 36.7 Å². The summed E-state index contributed by atoms with van der Waals surface area (Å²) in [6.45, 7) is 2.40. The lowest BCUT2D eigenvalue weighted by molar-refractivity contribution is 0.211. The molecule has 2 rings (SSSR count). The van der Waals surface area contributed by atoms with Gasteiger partial charge in [0, 0.05) is 24.5 Å². The maximum absolute atomic E-state index is 5.76. The number of rotatable bonds is 4. The molecule has 1 unspecified atom stereocenters. The van der Waals surface area contributed by atoms with Crippen LogP contribution in [-0.4, -0.2) is 9.97 Å². The Hall–Kier alpha value is -1.81. The molecule has 0 aliphatic rings. The lowest BCUT2D eigenvalue weighted by atomic mass is 10.2. The fourth-order valence-electron chi connectivity index (χ4n) is 1.51. The van der Waals surface area contributed by atoms with E-state index < -0.39 is 0 Å². The van der Waals surface area contributed by atoms with Gasteiger partial charge in [-0.25, -0.2) is 4.98 Å². The monoisotopic (exact) mass is 217 g/mol. The van der Waals surface area contributed by atoms with Crippen molar-refractivity contribution < 1.29 is 4.74 Å². The van der Waals surface area contributed by atoms with Crippen LogP contribution in [0.2, 0.25) is 0 Å². The van der Waals surface area contributed by atoms with E-state index in [2.05, 4.69) is 9.97 Å². The molecule has 0 aliphatic carbocycles. The molecule has 0 aromatic carbocycles. The van der Waals surface area contributed by atoms with Crippen molar-refractivity contribution in [3.8, 4) is 5.88 Å². The Morgan fingerprint density at radius 1 is 1.44 bits per heavy atom. The van der Waals surface area contributed by atoms with Crippen molar-refractivity contribution >= 4 is 0 Å². The van der Waals surface area contributed by atoms with Crippen molar-refractivity contribution in [3.63, 3.8) is 0 Å². The number of pyridine rings is 1. The maximum atomic E-state index is 5.76. The molecule has 0 aliphatic heterocycles. The summed E-state index contributed by atoms with van der Waals surface area (Å²) in [6, 6.07) is 7.70. The fraction of sp³-hybridized carbons (Fsp3) is 0.250. The van der Waals surface area contributed by atoms with Crippen LogP contribution in [0.25, 0.3) is 0 Å². The first kappa shape index (κ1) is 10.7. The Morgan fingerprint density at radius 3 is 3.00 bits per heavy atom. The van der Waals surface area contributed by atoms with Gasteiger partial charge in [0.2, 0.25) is 5.88 Å². The molecule has 1 atom stereocenters. The molecule has 0 saturated heterocycles. The highest BCUT2D eigenvalue weighted by Gasteiger charge is 2.10. The van der Waals surface area contributed by atoms with Gasteiger partial charge in [-0.2, -0.15) is 0 Å². The van der Waals surface area contributed by atoms with E-state index in [4.69, 9.17) is 10.5 Å². The summed E-state index contributed by atoms with van der Waals surface area (Å²) < 4.78 is 5.76. The lowest BCUT2D eigenvalue weighted by Crippen LogP contribution is -2.08. The van der Waals surface area contributed by atoms with E-state index in [0.29, 0.717) is 12.4 Å². The summed E-state index contributed by atoms with van der Waals surface area (Å²) in [5, 5.41) is 0. The average Bonchev–Trinajstić information content (AvgIpc) is 2.83. The molecule has 0 fully saturated rings. The van der Waals surface area contributed by atoms with Gasteiger partial charge in [0.05, 0.1) is 5.69 Å². The molecule has 16 heavy (non-hydrogen) atoms. The normalized spacial score (nSPS) is 12.4. The van der Waals surface area contributed by atoms with Gasteiger partial charge in [0.15, 0.2) is 0 Å². The van der Waals surface area contributed by atoms with Crippen LogP contribution in [0.5, 0.6) is 5.88 Å². The van der Waals surface area contributed by atoms with Crippen LogP contribution in [0.1, 0.15) is 24.3 Å². The Bertz CT molecular complexity index is 439. The summed E-state index contributed by atoms with van der Waals surface area (Å²) in [5.74, 6) is 0.604. The summed E-state index contributed by atoms with van der Waals surface area (Å²) in [7, 11) is 0. The molecule has 3 N–H and O–H groups in total. The van der Waals surface area contributed by atoms with Gasteiger partial charge in [-0.15, -0.1) is 0 Å². The molecule has 0 amide bonds. The topological polar surface area (TPSA) is 63.9 Å². The zero-order valence-corrected chi connectivity index (χ0v) is 9.18. The van der Waals surface area contributed by atoms with E-state index in [0.717, 1.165) is 11.3 Å². The third kappa shape index (κ3) is 2.23. The molecular weight excluding hydrogens is 202 g/mol. The maximum Gasteiger partial charge on any atom is 0.218 e. The highest BCUT2D eigenvalue weighted by Crippen LogP contribution is 2.21. The first-order valence-corrected chi connectivity index (χ1v) is 5.25. The Morgan fingerprint density at radius 2 is 2.31 bits per heavy atom. The van der Waals surface area contributed by atoms with E-state index in [9.17, 15) is 0 Å². The minimum Gasteiger partial charge on any atom is -0.468 e. The van der Waals surface area contributed by atoms with Gasteiger partial charge < -0.3 is 15.5 Å². The smallest absolute Gasteiger partial charge is 0.218 e. The van der Waals surface area contributed by atoms with Crippen molar-refractivity contribution in [3.05, 3.63) is 47.9 Å². The molecule has 4 heteroatoms. The van der Waals surface area contributed by atoms with E-state index in [1.165, 1.54) is 0 Å². The van der Waals surface area contributed by atoms with Gasteiger partial charge in [-0.3, -0.25) is 0 Å². The third-order valence-corrected chi connectivity index (χ3v) is 2.42. The SMILES string of the molecule is CC(Oc1ncccc1CN)c1ccc[nH]1. The first-order valence-electron chi connectivity index (χ1n) is 5.25. The quantitative estimate of drug-likeness (QED) is 0.823. The van der Waals surface area contributed by atoms with E-state index in [1.807, 2.05) is 37.4 Å². The Balaban J connectivity index is 2.14. The zero-order valence-electron chi connectivity index (χ0n) is 9.18. The zero-order chi connectivity index (χ0) is 11.4. The number of hydrogen-bond donors (Lipinski definition) is 2. The van der Waals surface area contributed by atoms with Crippen molar-refractivity contribution in [2.75, 3.05) is 0 Å². The molecule has 2 aromatic rings. The van der Waals surface area contributed by atoms with Crippen molar-refractivity contribution in [1.82, 2.24) is 9.97 Å². The molecular formula is C12H15N3O. The highest BCUT2D eigenvalue weighted by atomic mass is 16.5. The van der Waals surface area contributed by atoms with Gasteiger partial charge in [-0.1, -0.05) is 6.07 Å². The number of ether oxygens (including phenoxy) is 1. The van der Waals surface area contributed by atoms with Crippen molar-refractivity contribution in [2.45, 2.75) is 19.6 Å². The second-order valence-corrected chi connectivity index (χ2v) is 3.56. The van der Waals surface area contributed by atoms with E-state index in [-0.39, 0.29) is 6.10 Å². The van der Waals surface area contributed by atoms with E-state index in [1.54, 1.807) is 6.20 Å². The van der Waals surface area contributed by atoms with Crippen molar-refractivity contribution in [1.29, 1.82) is 0 Å². The van der Waals surface area contributed by atoms with Gasteiger partial charge in [0.1, 0.15) is 6.10 Å². The molecule has 0 bridgehead atoms. The molecule has 4 nitrogen and oxygen atoms in total. The largest absolute Gasteiger partial charge is 0.468 e. The minimum atomic E-state index is -0.0600. The summed E-state index contributed by atoms with van der Waals surface area (Å²) >= 11 is 0. The van der Waals surface area contributed by atoms with Crippen LogP contribution >= 0.6 is 0 Å². The number of hydrogen-bond acceptors (Lipinski definition) is 3. The van der Waals surface area contributed by atoms with Gasteiger partial charge in [0.25, 0.3) is 0 Å². The van der Waals surface area contributed by atoms with Crippen LogP contribution in [0, 0.1) is 0 Å². The molecule has 2 aromatic heterocycles. The number of H-pyrrole nitrogens is 1. The van der Waals surface area contributed by atoms with E-state index >= 15 is 0 Å².